The third kappa shape index (κ3) is 3.97. The highest BCUT2D eigenvalue weighted by molar-refractivity contribution is 5.91. The smallest absolute Gasteiger partial charge is 0.296 e. The fourth-order valence-corrected chi connectivity index (χ4v) is 3.56. The van der Waals surface area contributed by atoms with Crippen LogP contribution < -0.4 is 5.32 Å². The molecule has 0 unspecified atom stereocenters. The normalized spacial score (nSPS) is 15.9. The van der Waals surface area contributed by atoms with Crippen molar-refractivity contribution in [3.8, 4) is 0 Å². The number of carbonyl (C=O) groups excluding carboxylic acids is 1. The molecule has 1 aromatic carbocycles. The summed E-state index contributed by atoms with van der Waals surface area (Å²) in [6.07, 6.45) is -1.64. The predicted octanol–water partition coefficient (Wildman–Crippen LogP) is 5.31. The van der Waals surface area contributed by atoms with Gasteiger partial charge in [-0.25, -0.2) is 9.97 Å². The first kappa shape index (κ1) is 19.4. The molecule has 29 heavy (non-hydrogen) atoms. The molecule has 0 bridgehead atoms. The molecule has 1 atom stereocenters. The molecule has 1 amide bonds. The number of nitrogens with one attached hydrogen (secondary N) is 1. The van der Waals surface area contributed by atoms with Crippen LogP contribution in [-0.4, -0.2) is 20.4 Å². The van der Waals surface area contributed by atoms with Crippen molar-refractivity contribution in [2.45, 2.75) is 50.7 Å². The van der Waals surface area contributed by atoms with Crippen molar-refractivity contribution >= 4 is 23.0 Å². The number of hydrogen-bond acceptors (Lipinski definition) is 3. The molecule has 0 aliphatic heterocycles. The van der Waals surface area contributed by atoms with E-state index in [2.05, 4.69) is 15.3 Å². The minimum absolute atomic E-state index is 0.00201. The van der Waals surface area contributed by atoms with Crippen molar-refractivity contribution in [1.29, 1.82) is 0 Å². The number of benzene rings is 1. The molecule has 5 nitrogen and oxygen atoms in total. The lowest BCUT2D eigenvalue weighted by Gasteiger charge is -2.28. The van der Waals surface area contributed by atoms with E-state index >= 15 is 0 Å². The van der Waals surface area contributed by atoms with Gasteiger partial charge in [-0.1, -0.05) is 37.3 Å². The zero-order valence-electron chi connectivity index (χ0n) is 15.9. The number of alkyl halides is 3. The first-order valence-electron chi connectivity index (χ1n) is 9.64. The van der Waals surface area contributed by atoms with Crippen LogP contribution >= 0.6 is 0 Å². The van der Waals surface area contributed by atoms with Crippen LogP contribution in [0.1, 0.15) is 55.8 Å². The van der Waals surface area contributed by atoms with Crippen LogP contribution in [0.25, 0.3) is 11.2 Å². The summed E-state index contributed by atoms with van der Waals surface area (Å²) in [5, 5.41) is 2.80. The van der Waals surface area contributed by atoms with E-state index in [4.69, 9.17) is 0 Å². The molecule has 4 rings (SSSR count). The molecule has 1 aliphatic rings. The van der Waals surface area contributed by atoms with E-state index in [-0.39, 0.29) is 35.9 Å². The van der Waals surface area contributed by atoms with E-state index in [1.165, 1.54) is 6.07 Å². The number of nitrogens with zero attached hydrogens (tertiary/aromatic N) is 3. The van der Waals surface area contributed by atoms with Gasteiger partial charge in [0.25, 0.3) is 0 Å². The number of pyridine rings is 1. The number of hydrogen-bond donors (Lipinski definition) is 1. The van der Waals surface area contributed by atoms with Crippen LogP contribution in [0.5, 0.6) is 0 Å². The van der Waals surface area contributed by atoms with E-state index in [0.717, 1.165) is 30.9 Å². The summed E-state index contributed by atoms with van der Waals surface area (Å²) in [4.78, 5) is 20.8. The molecule has 0 radical (unpaired) electrons. The molecule has 152 valence electrons. The second-order valence-corrected chi connectivity index (χ2v) is 7.49. The second-order valence-electron chi connectivity index (χ2n) is 7.49. The van der Waals surface area contributed by atoms with Crippen molar-refractivity contribution in [2.24, 2.45) is 0 Å². The Morgan fingerprint density at radius 1 is 1.17 bits per heavy atom. The first-order valence-corrected chi connectivity index (χ1v) is 9.64. The van der Waals surface area contributed by atoms with Crippen molar-refractivity contribution < 1.29 is 18.0 Å². The molecule has 3 aromatic rings. The van der Waals surface area contributed by atoms with Crippen LogP contribution in [0.3, 0.4) is 0 Å². The van der Waals surface area contributed by atoms with E-state index < -0.39 is 11.9 Å². The Labute approximate surface area is 166 Å². The number of aromatic nitrogens is 3. The summed E-state index contributed by atoms with van der Waals surface area (Å²) in [7, 11) is 0. The predicted molar refractivity (Wildman–Crippen MR) is 104 cm³/mol. The Kier molecular flexibility index (Phi) is 5.02. The number of fused-ring (bicyclic) bond motifs is 1. The quantitative estimate of drug-likeness (QED) is 0.629. The van der Waals surface area contributed by atoms with Crippen LogP contribution in [0.4, 0.5) is 19.1 Å². The Balaban J connectivity index is 1.61. The Bertz CT molecular complexity index is 1030. The molecule has 2 aromatic heterocycles. The van der Waals surface area contributed by atoms with Gasteiger partial charge < -0.3 is 0 Å². The van der Waals surface area contributed by atoms with Gasteiger partial charge in [-0.05, 0) is 42.9 Å². The maximum Gasteiger partial charge on any atom is 0.433 e. The average molecular weight is 402 g/mol. The molecule has 1 N–H and O–H groups in total. The van der Waals surface area contributed by atoms with E-state index in [1.807, 2.05) is 37.3 Å². The van der Waals surface area contributed by atoms with Gasteiger partial charge in [0.1, 0.15) is 11.2 Å². The summed E-state index contributed by atoms with van der Waals surface area (Å²) in [5.41, 5.74) is 0.597. The van der Waals surface area contributed by atoms with Gasteiger partial charge in [-0.3, -0.25) is 14.7 Å². The number of imidazole rings is 1. The maximum absolute atomic E-state index is 13.1. The van der Waals surface area contributed by atoms with Gasteiger partial charge in [0.05, 0.1) is 0 Å². The van der Waals surface area contributed by atoms with Crippen molar-refractivity contribution in [1.82, 2.24) is 14.5 Å². The zero-order valence-corrected chi connectivity index (χ0v) is 15.9. The number of carbonyl (C=O) groups is 1. The largest absolute Gasteiger partial charge is 0.433 e. The highest BCUT2D eigenvalue weighted by Gasteiger charge is 2.34. The van der Waals surface area contributed by atoms with Crippen LogP contribution in [0.15, 0.2) is 42.5 Å². The van der Waals surface area contributed by atoms with Crippen molar-refractivity contribution in [3.63, 3.8) is 0 Å². The lowest BCUT2D eigenvalue weighted by molar-refractivity contribution is -0.141. The molecule has 8 heteroatoms. The van der Waals surface area contributed by atoms with E-state index in [0.29, 0.717) is 5.52 Å². The van der Waals surface area contributed by atoms with Crippen LogP contribution in [0, 0.1) is 0 Å². The lowest BCUT2D eigenvalue weighted by Crippen LogP contribution is -2.23. The minimum atomic E-state index is -4.53. The summed E-state index contributed by atoms with van der Waals surface area (Å²) in [6.45, 7) is 1.96. The van der Waals surface area contributed by atoms with Gasteiger partial charge in [-0.2, -0.15) is 13.2 Å². The zero-order chi connectivity index (χ0) is 20.6. The summed E-state index contributed by atoms with van der Waals surface area (Å²) >= 11 is 0. The summed E-state index contributed by atoms with van der Waals surface area (Å²) < 4.78 is 41.0. The number of halogens is 3. The van der Waals surface area contributed by atoms with Crippen LogP contribution in [0.2, 0.25) is 0 Å². The number of anilines is 1. The number of amides is 1. The molecule has 1 fully saturated rings. The molecule has 0 saturated heterocycles. The Hall–Kier alpha value is -2.90. The van der Waals surface area contributed by atoms with Gasteiger partial charge in [-0.15, -0.1) is 0 Å². The van der Waals surface area contributed by atoms with Crippen molar-refractivity contribution in [3.05, 3.63) is 53.7 Å². The minimum Gasteiger partial charge on any atom is -0.296 e. The third-order valence-corrected chi connectivity index (χ3v) is 5.38. The standard InChI is InChI=1S/C21H21F3N4O/c1-13(14-6-3-2-4-7-14)12-18(29)27-20-25-16-10-11-17(21(22,23)24)26-19(16)28(20)15-8-5-9-15/h2-4,6-7,10-11,13,15H,5,8-9,12H2,1H3,(H,25,27,29)/t13-/m1/s1. The molecular weight excluding hydrogens is 381 g/mol. The van der Waals surface area contributed by atoms with Crippen LogP contribution in [-0.2, 0) is 11.0 Å². The number of rotatable bonds is 5. The second kappa shape index (κ2) is 7.50. The van der Waals surface area contributed by atoms with E-state index in [9.17, 15) is 18.0 Å². The average Bonchev–Trinajstić information content (AvgIpc) is 2.97. The summed E-state index contributed by atoms with van der Waals surface area (Å²) in [6, 6.07) is 11.9. The SMILES string of the molecule is C[C@H](CC(=O)Nc1nc2ccc(C(F)(F)F)nc2n1C1CCC1)c1ccccc1. The molecular formula is C21H21F3N4O. The topological polar surface area (TPSA) is 59.8 Å². The van der Waals surface area contributed by atoms with Gasteiger partial charge in [0.15, 0.2) is 5.65 Å². The lowest BCUT2D eigenvalue weighted by atomic mass is 9.93. The fourth-order valence-electron chi connectivity index (χ4n) is 3.56. The summed E-state index contributed by atoms with van der Waals surface area (Å²) in [5.74, 6) is 0.0442. The highest BCUT2D eigenvalue weighted by atomic mass is 19.4. The monoisotopic (exact) mass is 402 g/mol. The molecule has 1 aliphatic carbocycles. The highest BCUT2D eigenvalue weighted by Crippen LogP contribution is 2.38. The van der Waals surface area contributed by atoms with Gasteiger partial charge in [0, 0.05) is 12.5 Å². The van der Waals surface area contributed by atoms with Gasteiger partial charge in [0.2, 0.25) is 11.9 Å². The maximum atomic E-state index is 13.1. The molecule has 1 saturated carbocycles. The van der Waals surface area contributed by atoms with Gasteiger partial charge >= 0.3 is 6.18 Å². The third-order valence-electron chi connectivity index (χ3n) is 5.38. The fraction of sp³-hybridized carbons (Fsp3) is 0.381. The van der Waals surface area contributed by atoms with Crippen molar-refractivity contribution in [2.75, 3.05) is 5.32 Å². The Morgan fingerprint density at radius 2 is 1.90 bits per heavy atom. The first-order chi connectivity index (χ1) is 13.8. The molecule has 0 spiro atoms. The Morgan fingerprint density at radius 3 is 2.52 bits per heavy atom. The molecule has 2 heterocycles. The van der Waals surface area contributed by atoms with E-state index in [1.54, 1.807) is 4.57 Å².